The van der Waals surface area contributed by atoms with Crippen LogP contribution in [0.4, 0.5) is 0 Å². The molecular formula is C21H30N2O7S. The lowest BCUT2D eigenvalue weighted by atomic mass is 9.79. The lowest BCUT2D eigenvalue weighted by molar-refractivity contribution is -0.175. The standard InChI is InChI=1S/C21H30N2O7S/c1-10-15-14(11(2)24)18(26)23(15)16(17(10)31-12-7-13(25)22(6)8-12)19(27)29-9-30-20(28)21(3,4)5/h10-12,14-15,24H,7-9H2,1-6H3/t10-,11-,12-,14-,15-/m1/s1. The van der Waals surface area contributed by atoms with Gasteiger partial charge in [-0.05, 0) is 27.7 Å². The lowest BCUT2D eigenvalue weighted by Gasteiger charge is -2.46. The number of hydrogen-bond acceptors (Lipinski definition) is 8. The summed E-state index contributed by atoms with van der Waals surface area (Å²) in [6, 6.07) is -0.343. The topological polar surface area (TPSA) is 113 Å². The van der Waals surface area contributed by atoms with Crippen molar-refractivity contribution >= 4 is 35.5 Å². The van der Waals surface area contributed by atoms with Gasteiger partial charge in [-0.25, -0.2) is 4.79 Å². The predicted molar refractivity (Wildman–Crippen MR) is 112 cm³/mol. The maximum absolute atomic E-state index is 12.9. The molecule has 31 heavy (non-hydrogen) atoms. The fourth-order valence-electron chi connectivity index (χ4n) is 4.17. The van der Waals surface area contributed by atoms with Crippen molar-refractivity contribution in [2.75, 3.05) is 20.4 Å². The molecule has 3 rings (SSSR count). The highest BCUT2D eigenvalue weighted by atomic mass is 32.2. The highest BCUT2D eigenvalue weighted by Crippen LogP contribution is 2.52. The second-order valence-electron chi connectivity index (χ2n) is 9.42. The second kappa shape index (κ2) is 8.46. The number of ether oxygens (including phenoxy) is 2. The number of amides is 2. The zero-order valence-corrected chi connectivity index (χ0v) is 19.5. The number of carbonyl (C=O) groups excluding carboxylic acids is 4. The maximum atomic E-state index is 12.9. The van der Waals surface area contributed by atoms with Crippen LogP contribution in [0.3, 0.4) is 0 Å². The number of nitrogens with zero attached hydrogens (tertiary/aromatic N) is 2. The number of aliphatic hydroxyl groups is 1. The highest BCUT2D eigenvalue weighted by Gasteiger charge is 2.60. The largest absolute Gasteiger partial charge is 0.427 e. The third-order valence-electron chi connectivity index (χ3n) is 5.89. The molecule has 3 heterocycles. The molecule has 0 aromatic rings. The van der Waals surface area contributed by atoms with Crippen LogP contribution < -0.4 is 0 Å². The molecule has 172 valence electrons. The molecule has 9 nitrogen and oxygen atoms in total. The molecule has 0 saturated carbocycles. The van der Waals surface area contributed by atoms with Gasteiger partial charge in [0.05, 0.1) is 23.5 Å². The number of hydrogen-bond donors (Lipinski definition) is 1. The Balaban J connectivity index is 1.80. The lowest BCUT2D eigenvalue weighted by Crippen LogP contribution is -2.63. The summed E-state index contributed by atoms with van der Waals surface area (Å²) < 4.78 is 10.2. The van der Waals surface area contributed by atoms with E-state index in [4.69, 9.17) is 9.47 Å². The van der Waals surface area contributed by atoms with Crippen LogP contribution in [-0.4, -0.2) is 76.4 Å². The molecule has 0 aliphatic carbocycles. The molecule has 3 aliphatic rings. The van der Waals surface area contributed by atoms with E-state index in [0.717, 1.165) is 0 Å². The van der Waals surface area contributed by atoms with Crippen molar-refractivity contribution in [3.63, 3.8) is 0 Å². The molecule has 3 aliphatic heterocycles. The van der Waals surface area contributed by atoms with Crippen LogP contribution in [-0.2, 0) is 28.7 Å². The molecule has 10 heteroatoms. The third kappa shape index (κ3) is 4.32. The van der Waals surface area contributed by atoms with E-state index in [0.29, 0.717) is 17.9 Å². The number of β-lactam (4-membered cyclic amide) rings is 1. The van der Waals surface area contributed by atoms with Crippen LogP contribution >= 0.6 is 11.8 Å². The van der Waals surface area contributed by atoms with Crippen molar-refractivity contribution in [1.29, 1.82) is 0 Å². The molecule has 1 N–H and O–H groups in total. The van der Waals surface area contributed by atoms with E-state index in [1.165, 1.54) is 16.7 Å². The Kier molecular flexibility index (Phi) is 6.44. The molecule has 2 amide bonds. The predicted octanol–water partition coefficient (Wildman–Crippen LogP) is 1.11. The Morgan fingerprint density at radius 3 is 2.42 bits per heavy atom. The Bertz CT molecular complexity index is 832. The Morgan fingerprint density at radius 1 is 1.26 bits per heavy atom. The van der Waals surface area contributed by atoms with Crippen molar-refractivity contribution in [1.82, 2.24) is 9.80 Å². The Labute approximate surface area is 186 Å². The van der Waals surface area contributed by atoms with Crippen LogP contribution in [0.25, 0.3) is 0 Å². The first-order chi connectivity index (χ1) is 14.3. The van der Waals surface area contributed by atoms with E-state index in [2.05, 4.69) is 0 Å². The summed E-state index contributed by atoms with van der Waals surface area (Å²) in [5.74, 6) is -2.36. The molecule has 0 unspecified atom stereocenters. The normalized spacial score (nSPS) is 29.1. The van der Waals surface area contributed by atoms with Gasteiger partial charge in [-0.1, -0.05) is 6.92 Å². The minimum atomic E-state index is -0.843. The van der Waals surface area contributed by atoms with E-state index in [-0.39, 0.29) is 34.7 Å². The number of fused-ring (bicyclic) bond motifs is 1. The van der Waals surface area contributed by atoms with Gasteiger partial charge in [-0.2, -0.15) is 0 Å². The van der Waals surface area contributed by atoms with Gasteiger partial charge in [-0.3, -0.25) is 14.4 Å². The summed E-state index contributed by atoms with van der Waals surface area (Å²) in [7, 11) is 1.73. The molecular weight excluding hydrogens is 424 g/mol. The van der Waals surface area contributed by atoms with Crippen LogP contribution in [0.5, 0.6) is 0 Å². The summed E-state index contributed by atoms with van der Waals surface area (Å²) in [6.45, 7) is 8.52. The van der Waals surface area contributed by atoms with E-state index < -0.39 is 36.2 Å². The minimum Gasteiger partial charge on any atom is -0.427 e. The van der Waals surface area contributed by atoms with Gasteiger partial charge in [0.1, 0.15) is 5.70 Å². The number of aliphatic hydroxyl groups excluding tert-OH is 1. The fraction of sp³-hybridized carbons (Fsp3) is 0.714. The van der Waals surface area contributed by atoms with Gasteiger partial charge in [0, 0.05) is 36.1 Å². The molecule has 5 atom stereocenters. The number of rotatable bonds is 6. The van der Waals surface area contributed by atoms with Gasteiger partial charge >= 0.3 is 11.9 Å². The van der Waals surface area contributed by atoms with E-state index in [1.807, 2.05) is 6.92 Å². The molecule has 0 spiro atoms. The number of thioether (sulfide) groups is 1. The first-order valence-electron chi connectivity index (χ1n) is 10.3. The Morgan fingerprint density at radius 2 is 1.90 bits per heavy atom. The molecule has 0 aromatic carbocycles. The summed E-state index contributed by atoms with van der Waals surface area (Å²) in [4.78, 5) is 53.2. The first kappa shape index (κ1) is 23.6. The zero-order valence-electron chi connectivity index (χ0n) is 18.7. The van der Waals surface area contributed by atoms with Crippen LogP contribution in [0, 0.1) is 17.3 Å². The Hall–Kier alpha value is -2.07. The summed E-state index contributed by atoms with van der Waals surface area (Å²) >= 11 is 1.41. The van der Waals surface area contributed by atoms with Crippen molar-refractivity contribution in [2.24, 2.45) is 17.3 Å². The average Bonchev–Trinajstić information content (AvgIpc) is 3.08. The first-order valence-corrected chi connectivity index (χ1v) is 11.2. The van der Waals surface area contributed by atoms with E-state index in [1.54, 1.807) is 39.6 Å². The SMILES string of the molecule is C[C@@H](O)[C@H]1C(=O)N2C(C(=O)OCOC(=O)C(C)(C)C)=C(S[C@@H]3CC(=O)N(C)C3)[C@H](C)[C@H]12. The molecule has 0 radical (unpaired) electrons. The van der Waals surface area contributed by atoms with Crippen molar-refractivity contribution < 1.29 is 33.8 Å². The van der Waals surface area contributed by atoms with Gasteiger partial charge in [-0.15, -0.1) is 11.8 Å². The van der Waals surface area contributed by atoms with Gasteiger partial charge < -0.3 is 24.4 Å². The summed E-state index contributed by atoms with van der Waals surface area (Å²) in [5, 5.41) is 10.0. The van der Waals surface area contributed by atoms with Crippen molar-refractivity contribution in [3.05, 3.63) is 10.6 Å². The minimum absolute atomic E-state index is 0.0307. The molecule has 2 fully saturated rings. The van der Waals surface area contributed by atoms with E-state index >= 15 is 0 Å². The molecule has 0 aromatic heterocycles. The smallest absolute Gasteiger partial charge is 0.358 e. The van der Waals surface area contributed by atoms with Crippen LogP contribution in [0.15, 0.2) is 10.6 Å². The van der Waals surface area contributed by atoms with Gasteiger partial charge in [0.25, 0.3) is 0 Å². The van der Waals surface area contributed by atoms with Crippen LogP contribution in [0.2, 0.25) is 0 Å². The highest BCUT2D eigenvalue weighted by molar-refractivity contribution is 8.03. The van der Waals surface area contributed by atoms with Gasteiger partial charge in [0.15, 0.2) is 0 Å². The maximum Gasteiger partial charge on any atom is 0.358 e. The zero-order chi connectivity index (χ0) is 23.2. The quantitative estimate of drug-likeness (QED) is 0.361. The van der Waals surface area contributed by atoms with Crippen molar-refractivity contribution in [2.45, 2.75) is 58.4 Å². The average molecular weight is 455 g/mol. The summed E-state index contributed by atoms with van der Waals surface area (Å²) in [6.07, 6.45) is -0.494. The third-order valence-corrected chi connectivity index (χ3v) is 7.36. The number of esters is 2. The van der Waals surface area contributed by atoms with Gasteiger partial charge in [0.2, 0.25) is 18.6 Å². The van der Waals surface area contributed by atoms with Crippen molar-refractivity contribution in [3.8, 4) is 0 Å². The molecule has 0 bridgehead atoms. The van der Waals surface area contributed by atoms with Crippen LogP contribution in [0.1, 0.15) is 41.0 Å². The summed E-state index contributed by atoms with van der Waals surface area (Å²) in [5.41, 5.74) is -0.614. The second-order valence-corrected chi connectivity index (χ2v) is 10.8. The molecule has 2 saturated heterocycles. The number of likely N-dealkylation sites (tertiary alicyclic amines) is 1. The fourth-order valence-corrected chi connectivity index (χ4v) is 5.70. The van der Waals surface area contributed by atoms with E-state index in [9.17, 15) is 24.3 Å². The monoisotopic (exact) mass is 454 g/mol. The number of carbonyl (C=O) groups is 4.